The number of aliphatic hydroxyl groups is 1. The lowest BCUT2D eigenvalue weighted by atomic mass is 10.2. The van der Waals surface area contributed by atoms with Gasteiger partial charge in [0, 0.05) is 5.33 Å². The molecule has 11 heavy (non-hydrogen) atoms. The monoisotopic (exact) mass is 224 g/mol. The fourth-order valence-corrected chi connectivity index (χ4v) is 0.951. The molecule has 0 rings (SSSR count). The fraction of sp³-hybridized carbons (Fsp3) is 0.857. The largest absolute Gasteiger partial charge is 0.464 e. The van der Waals surface area contributed by atoms with E-state index >= 15 is 0 Å². The molecular weight excluding hydrogens is 212 g/mol. The third kappa shape index (κ3) is 5.21. The number of carbonyl (C=O) groups excluding carboxylic acids is 1. The molecule has 0 aliphatic rings. The van der Waals surface area contributed by atoms with Gasteiger partial charge in [0.1, 0.15) is 0 Å². The maximum Gasteiger partial charge on any atom is 0.334 e. The minimum absolute atomic E-state index is 0.324. The number of hydrogen-bond acceptors (Lipinski definition) is 3. The van der Waals surface area contributed by atoms with Gasteiger partial charge in [-0.25, -0.2) is 4.79 Å². The Bertz CT molecular complexity index is 116. The Labute approximate surface area is 74.9 Å². The first-order valence-corrected chi connectivity index (χ1v) is 4.75. The van der Waals surface area contributed by atoms with Crippen LogP contribution in [0.25, 0.3) is 0 Å². The second-order valence-electron chi connectivity index (χ2n) is 2.10. The van der Waals surface area contributed by atoms with E-state index in [4.69, 9.17) is 5.11 Å². The average molecular weight is 225 g/mol. The van der Waals surface area contributed by atoms with Gasteiger partial charge >= 0.3 is 5.97 Å². The van der Waals surface area contributed by atoms with Crippen molar-refractivity contribution in [1.82, 2.24) is 0 Å². The van der Waals surface area contributed by atoms with Gasteiger partial charge in [-0.2, -0.15) is 0 Å². The van der Waals surface area contributed by atoms with E-state index < -0.39 is 12.1 Å². The summed E-state index contributed by atoms with van der Waals surface area (Å²) in [5.41, 5.74) is 0. The van der Waals surface area contributed by atoms with E-state index in [-0.39, 0.29) is 0 Å². The fourth-order valence-electron chi connectivity index (χ4n) is 0.627. The molecule has 0 aliphatic heterocycles. The quantitative estimate of drug-likeness (QED) is 0.562. The van der Waals surface area contributed by atoms with Crippen LogP contribution in [0.3, 0.4) is 0 Å². The first kappa shape index (κ1) is 10.9. The zero-order valence-corrected chi connectivity index (χ0v) is 8.13. The number of alkyl halides is 1. The van der Waals surface area contributed by atoms with Gasteiger partial charge in [-0.05, 0) is 19.8 Å². The topological polar surface area (TPSA) is 46.5 Å². The molecule has 0 aromatic rings. The molecule has 1 N–H and O–H groups in total. The normalized spacial score (nSPS) is 12.6. The first-order chi connectivity index (χ1) is 5.22. The van der Waals surface area contributed by atoms with Crippen LogP contribution >= 0.6 is 15.9 Å². The molecular formula is C7H13BrO3. The van der Waals surface area contributed by atoms with E-state index in [1.807, 2.05) is 0 Å². The summed E-state index contributed by atoms with van der Waals surface area (Å²) >= 11 is 3.20. The first-order valence-electron chi connectivity index (χ1n) is 3.63. The third-order valence-corrected chi connectivity index (χ3v) is 1.73. The second kappa shape index (κ2) is 6.61. The molecule has 0 saturated carbocycles. The molecule has 0 radical (unpaired) electrons. The Morgan fingerprint density at radius 1 is 1.73 bits per heavy atom. The van der Waals surface area contributed by atoms with Gasteiger partial charge in [0.2, 0.25) is 0 Å². The molecule has 4 heteroatoms. The van der Waals surface area contributed by atoms with Gasteiger partial charge in [-0.15, -0.1) is 0 Å². The van der Waals surface area contributed by atoms with Crippen LogP contribution in [0.2, 0.25) is 0 Å². The van der Waals surface area contributed by atoms with Crippen molar-refractivity contribution in [2.75, 3.05) is 11.9 Å². The van der Waals surface area contributed by atoms with Gasteiger partial charge in [0.05, 0.1) is 6.61 Å². The van der Waals surface area contributed by atoms with E-state index in [0.717, 1.165) is 11.8 Å². The minimum Gasteiger partial charge on any atom is -0.464 e. The Kier molecular flexibility index (Phi) is 6.56. The molecule has 0 aliphatic carbocycles. The van der Waals surface area contributed by atoms with Gasteiger partial charge < -0.3 is 9.84 Å². The zero-order valence-electron chi connectivity index (χ0n) is 6.55. The van der Waals surface area contributed by atoms with E-state index in [9.17, 15) is 4.79 Å². The summed E-state index contributed by atoms with van der Waals surface area (Å²) < 4.78 is 4.60. The van der Waals surface area contributed by atoms with Gasteiger partial charge in [0.15, 0.2) is 6.10 Å². The molecule has 0 fully saturated rings. The number of rotatable bonds is 5. The van der Waals surface area contributed by atoms with Crippen LogP contribution in [-0.2, 0) is 9.53 Å². The highest BCUT2D eigenvalue weighted by Gasteiger charge is 2.14. The van der Waals surface area contributed by atoms with Crippen LogP contribution in [0.4, 0.5) is 0 Å². The highest BCUT2D eigenvalue weighted by atomic mass is 79.9. The number of hydrogen-bond donors (Lipinski definition) is 1. The van der Waals surface area contributed by atoms with Crippen molar-refractivity contribution in [3.05, 3.63) is 0 Å². The number of aliphatic hydroxyl groups excluding tert-OH is 1. The summed E-state index contributed by atoms with van der Waals surface area (Å²) in [6.45, 7) is 2.04. The summed E-state index contributed by atoms with van der Waals surface area (Å²) in [6.07, 6.45) is 0.289. The SMILES string of the molecule is CCOC(=O)C(O)CCCBr. The molecule has 0 saturated heterocycles. The lowest BCUT2D eigenvalue weighted by Gasteiger charge is -2.07. The van der Waals surface area contributed by atoms with Crippen molar-refractivity contribution >= 4 is 21.9 Å². The lowest BCUT2D eigenvalue weighted by molar-refractivity contribution is -0.153. The van der Waals surface area contributed by atoms with E-state index in [2.05, 4.69) is 20.7 Å². The third-order valence-electron chi connectivity index (χ3n) is 1.17. The van der Waals surface area contributed by atoms with Crippen molar-refractivity contribution in [2.45, 2.75) is 25.9 Å². The van der Waals surface area contributed by atoms with Crippen LogP contribution < -0.4 is 0 Å². The maximum absolute atomic E-state index is 10.8. The smallest absolute Gasteiger partial charge is 0.334 e. The molecule has 1 atom stereocenters. The Hall–Kier alpha value is -0.0900. The Morgan fingerprint density at radius 3 is 2.82 bits per heavy atom. The molecule has 66 valence electrons. The minimum atomic E-state index is -0.951. The van der Waals surface area contributed by atoms with Crippen LogP contribution in [0.5, 0.6) is 0 Å². The summed E-state index contributed by atoms with van der Waals surface area (Å²) in [4.78, 5) is 10.8. The van der Waals surface area contributed by atoms with Gasteiger partial charge in [-0.1, -0.05) is 15.9 Å². The van der Waals surface area contributed by atoms with Crippen LogP contribution in [0.15, 0.2) is 0 Å². The van der Waals surface area contributed by atoms with Crippen LogP contribution in [0, 0.1) is 0 Å². The molecule has 1 unspecified atom stereocenters. The van der Waals surface area contributed by atoms with Gasteiger partial charge in [0.25, 0.3) is 0 Å². The van der Waals surface area contributed by atoms with Crippen LogP contribution in [0.1, 0.15) is 19.8 Å². The van der Waals surface area contributed by atoms with Crippen molar-refractivity contribution < 1.29 is 14.6 Å². The predicted octanol–water partition coefficient (Wildman–Crippen LogP) is 1.09. The molecule has 0 heterocycles. The van der Waals surface area contributed by atoms with E-state index in [1.165, 1.54) is 0 Å². The highest BCUT2D eigenvalue weighted by Crippen LogP contribution is 2.01. The standard InChI is InChI=1S/C7H13BrO3/c1-2-11-7(10)6(9)4-3-5-8/h6,9H,2-5H2,1H3. The molecule has 3 nitrogen and oxygen atoms in total. The summed E-state index contributed by atoms with van der Waals surface area (Å²) in [5, 5.41) is 9.88. The molecule has 0 spiro atoms. The van der Waals surface area contributed by atoms with Gasteiger partial charge in [-0.3, -0.25) is 0 Å². The molecule has 0 amide bonds. The summed E-state index contributed by atoms with van der Waals surface area (Å²) in [5.74, 6) is -0.520. The lowest BCUT2D eigenvalue weighted by Crippen LogP contribution is -2.22. The maximum atomic E-state index is 10.8. The van der Waals surface area contributed by atoms with Crippen molar-refractivity contribution in [3.8, 4) is 0 Å². The van der Waals surface area contributed by atoms with E-state index in [0.29, 0.717) is 13.0 Å². The van der Waals surface area contributed by atoms with Crippen molar-refractivity contribution in [2.24, 2.45) is 0 Å². The number of halogens is 1. The second-order valence-corrected chi connectivity index (χ2v) is 2.89. The van der Waals surface area contributed by atoms with Crippen LogP contribution in [-0.4, -0.2) is 29.1 Å². The molecule has 0 bridgehead atoms. The zero-order chi connectivity index (χ0) is 8.69. The Morgan fingerprint density at radius 2 is 2.36 bits per heavy atom. The summed E-state index contributed by atoms with van der Waals surface area (Å²) in [6, 6.07) is 0. The number of ether oxygens (including phenoxy) is 1. The Balaban J connectivity index is 3.46. The number of carbonyl (C=O) groups is 1. The summed E-state index contributed by atoms with van der Waals surface area (Å²) in [7, 11) is 0. The highest BCUT2D eigenvalue weighted by molar-refractivity contribution is 9.09. The van der Waals surface area contributed by atoms with Crippen molar-refractivity contribution in [3.63, 3.8) is 0 Å². The number of esters is 1. The van der Waals surface area contributed by atoms with E-state index in [1.54, 1.807) is 6.92 Å². The van der Waals surface area contributed by atoms with Crippen molar-refractivity contribution in [1.29, 1.82) is 0 Å². The molecule has 0 aromatic carbocycles. The molecule has 0 aromatic heterocycles. The predicted molar refractivity (Wildman–Crippen MR) is 45.7 cm³/mol. The average Bonchev–Trinajstić information content (AvgIpc) is 2.00.